The van der Waals surface area contributed by atoms with Crippen molar-refractivity contribution in [3.8, 4) is 22.4 Å². The standard InChI is InChI=1S/C25H23NO2/c1-2-3-18-28-26-24(20-14-8-5-9-15-20)23(19-12-6-4-7-13-19)21-16-10-11-17-22(21)25(26)27/h4-17H,2-3,18H2,1H3. The Hall–Kier alpha value is -3.33. The Morgan fingerprint density at radius 1 is 0.750 bits per heavy atom. The molecule has 0 bridgehead atoms. The van der Waals surface area contributed by atoms with E-state index < -0.39 is 0 Å². The van der Waals surface area contributed by atoms with Crippen molar-refractivity contribution < 1.29 is 4.84 Å². The highest BCUT2D eigenvalue weighted by Gasteiger charge is 2.20. The van der Waals surface area contributed by atoms with Gasteiger partial charge in [0.25, 0.3) is 5.56 Å². The van der Waals surface area contributed by atoms with E-state index in [1.807, 2.05) is 72.8 Å². The fraction of sp³-hybridized carbons (Fsp3) is 0.160. The van der Waals surface area contributed by atoms with Crippen LogP contribution in [0.1, 0.15) is 19.8 Å². The molecule has 0 aliphatic rings. The van der Waals surface area contributed by atoms with Gasteiger partial charge in [-0.2, -0.15) is 0 Å². The molecule has 0 saturated heterocycles. The van der Waals surface area contributed by atoms with Gasteiger partial charge in [0, 0.05) is 11.1 Å². The lowest BCUT2D eigenvalue weighted by Crippen LogP contribution is -2.30. The Bertz CT molecular complexity index is 1130. The molecule has 28 heavy (non-hydrogen) atoms. The molecule has 0 fully saturated rings. The number of nitrogens with zero attached hydrogens (tertiary/aromatic N) is 1. The summed E-state index contributed by atoms with van der Waals surface area (Å²) < 4.78 is 1.50. The number of aromatic nitrogens is 1. The molecule has 0 atom stereocenters. The van der Waals surface area contributed by atoms with Crippen LogP contribution in [0, 0.1) is 0 Å². The second-order valence-corrected chi connectivity index (χ2v) is 6.79. The molecule has 0 saturated carbocycles. The summed E-state index contributed by atoms with van der Waals surface area (Å²) in [5, 5.41) is 1.60. The summed E-state index contributed by atoms with van der Waals surface area (Å²) in [7, 11) is 0. The van der Waals surface area contributed by atoms with Crippen LogP contribution in [0.2, 0.25) is 0 Å². The van der Waals surface area contributed by atoms with Crippen LogP contribution in [0.4, 0.5) is 0 Å². The molecule has 0 unspecified atom stereocenters. The van der Waals surface area contributed by atoms with Crippen LogP contribution in [0.15, 0.2) is 89.7 Å². The van der Waals surface area contributed by atoms with E-state index in [-0.39, 0.29) is 5.56 Å². The third kappa shape index (κ3) is 3.31. The summed E-state index contributed by atoms with van der Waals surface area (Å²) in [4.78, 5) is 19.4. The Balaban J connectivity index is 2.11. The van der Waals surface area contributed by atoms with Gasteiger partial charge in [0.2, 0.25) is 0 Å². The minimum absolute atomic E-state index is 0.120. The highest BCUT2D eigenvalue weighted by Crippen LogP contribution is 2.36. The Morgan fingerprint density at radius 3 is 1.96 bits per heavy atom. The van der Waals surface area contributed by atoms with Gasteiger partial charge >= 0.3 is 0 Å². The molecule has 4 rings (SSSR count). The third-order valence-electron chi connectivity index (χ3n) is 4.88. The maximum Gasteiger partial charge on any atom is 0.291 e. The number of pyridine rings is 1. The van der Waals surface area contributed by atoms with Crippen molar-refractivity contribution >= 4 is 10.8 Å². The largest absolute Gasteiger partial charge is 0.410 e. The van der Waals surface area contributed by atoms with Gasteiger partial charge in [0.15, 0.2) is 0 Å². The molecule has 3 heteroatoms. The van der Waals surface area contributed by atoms with Gasteiger partial charge in [0.05, 0.1) is 11.1 Å². The molecule has 140 valence electrons. The summed E-state index contributed by atoms with van der Waals surface area (Å²) in [6, 6.07) is 28.0. The number of hydrogen-bond donors (Lipinski definition) is 0. The minimum atomic E-state index is -0.120. The maximum absolute atomic E-state index is 13.3. The monoisotopic (exact) mass is 369 g/mol. The molecular weight excluding hydrogens is 346 g/mol. The highest BCUT2D eigenvalue weighted by atomic mass is 16.7. The number of rotatable bonds is 6. The van der Waals surface area contributed by atoms with Crippen LogP contribution in [0.25, 0.3) is 33.2 Å². The number of benzene rings is 3. The van der Waals surface area contributed by atoms with E-state index in [2.05, 4.69) is 19.1 Å². The zero-order valence-corrected chi connectivity index (χ0v) is 16.0. The van der Waals surface area contributed by atoms with E-state index in [1.54, 1.807) is 0 Å². The molecule has 3 nitrogen and oxygen atoms in total. The van der Waals surface area contributed by atoms with Gasteiger partial charge in [-0.05, 0) is 23.4 Å². The van der Waals surface area contributed by atoms with Crippen LogP contribution in [0.5, 0.6) is 0 Å². The first-order valence-corrected chi connectivity index (χ1v) is 9.73. The van der Waals surface area contributed by atoms with Crippen molar-refractivity contribution in [2.75, 3.05) is 6.61 Å². The average Bonchev–Trinajstić information content (AvgIpc) is 2.76. The predicted molar refractivity (Wildman–Crippen MR) is 115 cm³/mol. The van der Waals surface area contributed by atoms with Crippen molar-refractivity contribution in [2.45, 2.75) is 19.8 Å². The van der Waals surface area contributed by atoms with E-state index in [0.29, 0.717) is 12.0 Å². The number of hydrogen-bond acceptors (Lipinski definition) is 2. The smallest absolute Gasteiger partial charge is 0.291 e. The lowest BCUT2D eigenvalue weighted by Gasteiger charge is -2.20. The van der Waals surface area contributed by atoms with Crippen LogP contribution in [-0.4, -0.2) is 11.3 Å². The van der Waals surface area contributed by atoms with E-state index >= 15 is 0 Å². The molecule has 1 aromatic heterocycles. The molecule has 0 aliphatic carbocycles. The molecule has 3 aromatic carbocycles. The highest BCUT2D eigenvalue weighted by molar-refractivity contribution is 6.02. The van der Waals surface area contributed by atoms with Crippen LogP contribution >= 0.6 is 0 Å². The van der Waals surface area contributed by atoms with E-state index in [4.69, 9.17) is 4.84 Å². The van der Waals surface area contributed by atoms with Gasteiger partial charge in [-0.15, -0.1) is 4.73 Å². The molecule has 4 aromatic rings. The first kappa shape index (κ1) is 18.1. The van der Waals surface area contributed by atoms with Gasteiger partial charge in [-0.3, -0.25) is 4.79 Å². The minimum Gasteiger partial charge on any atom is -0.410 e. The third-order valence-corrected chi connectivity index (χ3v) is 4.88. The second kappa shape index (κ2) is 8.13. The zero-order valence-electron chi connectivity index (χ0n) is 16.0. The summed E-state index contributed by atoms with van der Waals surface area (Å²) >= 11 is 0. The molecule has 0 aliphatic heterocycles. The van der Waals surface area contributed by atoms with Crippen LogP contribution < -0.4 is 10.4 Å². The first-order valence-electron chi connectivity index (χ1n) is 9.73. The fourth-order valence-corrected chi connectivity index (χ4v) is 3.51. The molecule has 0 radical (unpaired) electrons. The van der Waals surface area contributed by atoms with Gasteiger partial charge < -0.3 is 4.84 Å². The molecule has 1 heterocycles. The normalized spacial score (nSPS) is 10.9. The molecular formula is C25H23NO2. The van der Waals surface area contributed by atoms with Crippen molar-refractivity contribution in [1.29, 1.82) is 0 Å². The molecule has 0 N–H and O–H groups in total. The maximum atomic E-state index is 13.3. The lowest BCUT2D eigenvalue weighted by molar-refractivity contribution is 0.104. The quantitative estimate of drug-likeness (QED) is 0.416. The lowest BCUT2D eigenvalue weighted by atomic mass is 9.94. The van der Waals surface area contributed by atoms with Gasteiger partial charge in [-0.1, -0.05) is 92.2 Å². The molecule has 0 spiro atoms. The summed E-state index contributed by atoms with van der Waals surface area (Å²) in [6.07, 6.45) is 1.91. The van der Waals surface area contributed by atoms with Crippen LogP contribution in [0.3, 0.4) is 0 Å². The van der Waals surface area contributed by atoms with Crippen molar-refractivity contribution in [2.24, 2.45) is 0 Å². The topological polar surface area (TPSA) is 31.2 Å². The van der Waals surface area contributed by atoms with Gasteiger partial charge in [0.1, 0.15) is 6.61 Å². The number of fused-ring (bicyclic) bond motifs is 1. The SMILES string of the molecule is CCCCOn1c(-c2ccccc2)c(-c2ccccc2)c2ccccc2c1=O. The van der Waals surface area contributed by atoms with E-state index in [9.17, 15) is 4.79 Å². The van der Waals surface area contributed by atoms with Crippen molar-refractivity contribution in [3.63, 3.8) is 0 Å². The second-order valence-electron chi connectivity index (χ2n) is 6.79. The van der Waals surface area contributed by atoms with Gasteiger partial charge in [-0.25, -0.2) is 0 Å². The Kier molecular flexibility index (Phi) is 5.24. The summed E-state index contributed by atoms with van der Waals surface area (Å²) in [5.74, 6) is 0. The average molecular weight is 369 g/mol. The summed E-state index contributed by atoms with van der Waals surface area (Å²) in [6.45, 7) is 2.61. The Morgan fingerprint density at radius 2 is 1.32 bits per heavy atom. The fourth-order valence-electron chi connectivity index (χ4n) is 3.51. The zero-order chi connectivity index (χ0) is 19.3. The Labute approximate surface area is 164 Å². The molecule has 0 amide bonds. The van der Waals surface area contributed by atoms with E-state index in [0.717, 1.165) is 40.6 Å². The van der Waals surface area contributed by atoms with Crippen molar-refractivity contribution in [1.82, 2.24) is 4.73 Å². The van der Waals surface area contributed by atoms with Crippen LogP contribution in [-0.2, 0) is 0 Å². The number of unbranched alkanes of at least 4 members (excludes halogenated alkanes) is 1. The van der Waals surface area contributed by atoms with E-state index in [1.165, 1.54) is 4.73 Å². The first-order chi connectivity index (χ1) is 13.8. The predicted octanol–water partition coefficient (Wildman–Crippen LogP) is 5.56. The summed E-state index contributed by atoms with van der Waals surface area (Å²) in [5.41, 5.74) is 3.71. The van der Waals surface area contributed by atoms with Crippen molar-refractivity contribution in [3.05, 3.63) is 95.3 Å².